The minimum Gasteiger partial charge on any atom is -0.339 e. The second-order valence-corrected chi connectivity index (χ2v) is 7.23. The van der Waals surface area contributed by atoms with Crippen molar-refractivity contribution in [1.82, 2.24) is 9.88 Å². The lowest BCUT2D eigenvalue weighted by molar-refractivity contribution is 0.0793. The second kappa shape index (κ2) is 6.15. The van der Waals surface area contributed by atoms with Crippen LogP contribution in [0.3, 0.4) is 0 Å². The SMILES string of the molecule is CC(C)(C)c1ccc(-c2ncccc2C(=O)N2CCCC2)cc1. The van der Waals surface area contributed by atoms with Gasteiger partial charge >= 0.3 is 0 Å². The maximum atomic E-state index is 12.8. The van der Waals surface area contributed by atoms with Crippen molar-refractivity contribution < 1.29 is 4.79 Å². The first-order valence-electron chi connectivity index (χ1n) is 8.32. The van der Waals surface area contributed by atoms with E-state index in [9.17, 15) is 4.79 Å². The van der Waals surface area contributed by atoms with E-state index in [1.165, 1.54) is 5.56 Å². The highest BCUT2D eigenvalue weighted by atomic mass is 16.2. The van der Waals surface area contributed by atoms with Gasteiger partial charge in [-0.1, -0.05) is 45.0 Å². The molecular weight excluding hydrogens is 284 g/mol. The van der Waals surface area contributed by atoms with E-state index < -0.39 is 0 Å². The van der Waals surface area contributed by atoms with E-state index in [1.807, 2.05) is 17.0 Å². The quantitative estimate of drug-likeness (QED) is 0.829. The Labute approximate surface area is 138 Å². The molecule has 0 radical (unpaired) electrons. The Morgan fingerprint density at radius 3 is 2.30 bits per heavy atom. The van der Waals surface area contributed by atoms with Crippen molar-refractivity contribution in [2.24, 2.45) is 0 Å². The summed E-state index contributed by atoms with van der Waals surface area (Å²) in [6, 6.07) is 12.1. The lowest BCUT2D eigenvalue weighted by atomic mass is 9.86. The molecule has 3 nitrogen and oxygen atoms in total. The van der Waals surface area contributed by atoms with Crippen LogP contribution >= 0.6 is 0 Å². The minimum atomic E-state index is 0.102. The first-order valence-corrected chi connectivity index (χ1v) is 8.32. The molecule has 1 aliphatic heterocycles. The summed E-state index contributed by atoms with van der Waals surface area (Å²) in [7, 11) is 0. The standard InChI is InChI=1S/C20H24N2O/c1-20(2,3)16-10-8-15(9-11-16)18-17(7-6-12-21-18)19(23)22-13-4-5-14-22/h6-12H,4-5,13-14H2,1-3H3. The van der Waals surface area contributed by atoms with Gasteiger partial charge in [0.1, 0.15) is 0 Å². The summed E-state index contributed by atoms with van der Waals surface area (Å²) in [5.74, 6) is 0.102. The summed E-state index contributed by atoms with van der Waals surface area (Å²) >= 11 is 0. The molecule has 0 bridgehead atoms. The lowest BCUT2D eigenvalue weighted by Crippen LogP contribution is -2.28. The number of aromatic nitrogens is 1. The fourth-order valence-corrected chi connectivity index (χ4v) is 3.03. The van der Waals surface area contributed by atoms with Crippen LogP contribution in [0.1, 0.15) is 49.5 Å². The lowest BCUT2D eigenvalue weighted by Gasteiger charge is -2.20. The Morgan fingerprint density at radius 1 is 1.04 bits per heavy atom. The number of likely N-dealkylation sites (tertiary alicyclic amines) is 1. The van der Waals surface area contributed by atoms with Crippen molar-refractivity contribution >= 4 is 5.91 Å². The number of hydrogen-bond acceptors (Lipinski definition) is 2. The zero-order chi connectivity index (χ0) is 16.4. The largest absolute Gasteiger partial charge is 0.339 e. The Hall–Kier alpha value is -2.16. The summed E-state index contributed by atoms with van der Waals surface area (Å²) in [6.45, 7) is 8.31. The van der Waals surface area contributed by atoms with E-state index in [1.54, 1.807) is 6.20 Å². The van der Waals surface area contributed by atoms with Gasteiger partial charge in [-0.3, -0.25) is 9.78 Å². The van der Waals surface area contributed by atoms with Crippen LogP contribution in [0.5, 0.6) is 0 Å². The zero-order valence-corrected chi connectivity index (χ0v) is 14.2. The van der Waals surface area contributed by atoms with Crippen molar-refractivity contribution in [3.63, 3.8) is 0 Å². The molecule has 1 aromatic carbocycles. The summed E-state index contributed by atoms with van der Waals surface area (Å²) in [5, 5.41) is 0. The van der Waals surface area contributed by atoms with Gasteiger partial charge in [0.05, 0.1) is 11.3 Å². The molecule has 3 rings (SSSR count). The van der Waals surface area contributed by atoms with Crippen LogP contribution < -0.4 is 0 Å². The van der Waals surface area contributed by atoms with E-state index in [2.05, 4.69) is 50.0 Å². The number of benzene rings is 1. The van der Waals surface area contributed by atoms with Gasteiger partial charge in [-0.25, -0.2) is 0 Å². The van der Waals surface area contributed by atoms with E-state index >= 15 is 0 Å². The molecule has 0 atom stereocenters. The van der Waals surface area contributed by atoms with Crippen molar-refractivity contribution in [2.75, 3.05) is 13.1 Å². The Balaban J connectivity index is 1.95. The van der Waals surface area contributed by atoms with Crippen LogP contribution in [0, 0.1) is 0 Å². The van der Waals surface area contributed by atoms with Crippen molar-refractivity contribution in [1.29, 1.82) is 0 Å². The summed E-state index contributed by atoms with van der Waals surface area (Å²) < 4.78 is 0. The maximum Gasteiger partial charge on any atom is 0.256 e. The van der Waals surface area contributed by atoms with Crippen LogP contribution in [0.2, 0.25) is 0 Å². The molecule has 1 fully saturated rings. The third-order valence-corrected chi connectivity index (χ3v) is 4.46. The molecule has 1 saturated heterocycles. The third-order valence-electron chi connectivity index (χ3n) is 4.46. The van der Waals surface area contributed by atoms with Gasteiger partial charge in [0.15, 0.2) is 0 Å². The first kappa shape index (κ1) is 15.7. The predicted octanol–water partition coefficient (Wildman–Crippen LogP) is 4.28. The summed E-state index contributed by atoms with van der Waals surface area (Å²) in [6.07, 6.45) is 3.96. The molecule has 120 valence electrons. The van der Waals surface area contributed by atoms with Crippen LogP contribution in [-0.4, -0.2) is 28.9 Å². The summed E-state index contributed by atoms with van der Waals surface area (Å²) in [4.78, 5) is 19.2. The van der Waals surface area contributed by atoms with E-state index in [0.29, 0.717) is 5.56 Å². The molecule has 3 heteroatoms. The molecule has 2 heterocycles. The number of hydrogen-bond donors (Lipinski definition) is 0. The van der Waals surface area contributed by atoms with Crippen LogP contribution in [-0.2, 0) is 5.41 Å². The fourth-order valence-electron chi connectivity index (χ4n) is 3.03. The van der Waals surface area contributed by atoms with Gasteiger partial charge < -0.3 is 4.90 Å². The first-order chi connectivity index (χ1) is 11.0. The van der Waals surface area contributed by atoms with Gasteiger partial charge in [-0.2, -0.15) is 0 Å². The molecule has 0 unspecified atom stereocenters. The van der Waals surface area contributed by atoms with Gasteiger partial charge in [0.2, 0.25) is 0 Å². The molecule has 2 aromatic rings. The highest BCUT2D eigenvalue weighted by Crippen LogP contribution is 2.27. The average Bonchev–Trinajstić information content (AvgIpc) is 3.08. The van der Waals surface area contributed by atoms with Crippen molar-refractivity contribution in [3.05, 3.63) is 53.7 Å². The Kier molecular flexibility index (Phi) is 4.20. The smallest absolute Gasteiger partial charge is 0.256 e. The highest BCUT2D eigenvalue weighted by molar-refractivity contribution is 6.00. The molecule has 1 aromatic heterocycles. The number of rotatable bonds is 2. The molecule has 1 amide bonds. The number of nitrogens with zero attached hydrogens (tertiary/aromatic N) is 2. The third kappa shape index (κ3) is 3.29. The number of carbonyl (C=O) groups is 1. The van der Waals surface area contributed by atoms with Gasteiger partial charge in [0.25, 0.3) is 5.91 Å². The van der Waals surface area contributed by atoms with E-state index in [-0.39, 0.29) is 11.3 Å². The number of pyridine rings is 1. The minimum absolute atomic E-state index is 0.102. The normalized spacial score (nSPS) is 15.0. The Bertz CT molecular complexity index is 692. The highest BCUT2D eigenvalue weighted by Gasteiger charge is 2.23. The molecule has 0 saturated carbocycles. The molecular formula is C20H24N2O. The molecule has 0 spiro atoms. The molecule has 0 aliphatic carbocycles. The number of carbonyl (C=O) groups excluding carboxylic acids is 1. The predicted molar refractivity (Wildman–Crippen MR) is 93.5 cm³/mol. The molecule has 0 N–H and O–H groups in total. The summed E-state index contributed by atoms with van der Waals surface area (Å²) in [5.41, 5.74) is 3.89. The average molecular weight is 308 g/mol. The van der Waals surface area contributed by atoms with Crippen molar-refractivity contribution in [3.8, 4) is 11.3 Å². The van der Waals surface area contributed by atoms with Gasteiger partial charge in [-0.15, -0.1) is 0 Å². The van der Waals surface area contributed by atoms with Gasteiger partial charge in [-0.05, 0) is 36.0 Å². The van der Waals surface area contributed by atoms with E-state index in [4.69, 9.17) is 0 Å². The monoisotopic (exact) mass is 308 g/mol. The Morgan fingerprint density at radius 2 is 1.70 bits per heavy atom. The molecule has 1 aliphatic rings. The maximum absolute atomic E-state index is 12.8. The topological polar surface area (TPSA) is 33.2 Å². The van der Waals surface area contributed by atoms with E-state index in [0.717, 1.165) is 37.2 Å². The number of amides is 1. The van der Waals surface area contributed by atoms with Crippen LogP contribution in [0.4, 0.5) is 0 Å². The van der Waals surface area contributed by atoms with Gasteiger partial charge in [0, 0.05) is 24.8 Å². The zero-order valence-electron chi connectivity index (χ0n) is 14.2. The molecule has 23 heavy (non-hydrogen) atoms. The second-order valence-electron chi connectivity index (χ2n) is 7.23. The van der Waals surface area contributed by atoms with Crippen molar-refractivity contribution in [2.45, 2.75) is 39.0 Å². The fraction of sp³-hybridized carbons (Fsp3) is 0.400. The van der Waals surface area contributed by atoms with Crippen LogP contribution in [0.25, 0.3) is 11.3 Å². The van der Waals surface area contributed by atoms with Crippen LogP contribution in [0.15, 0.2) is 42.6 Å².